The van der Waals surface area contributed by atoms with Gasteiger partial charge in [-0.15, -0.1) is 11.3 Å². The first kappa shape index (κ1) is 13.0. The van der Waals surface area contributed by atoms with Crippen molar-refractivity contribution in [1.29, 1.82) is 0 Å². The Labute approximate surface area is 117 Å². The van der Waals surface area contributed by atoms with Crippen LogP contribution in [0, 0.1) is 5.92 Å². The second-order valence-electron chi connectivity index (χ2n) is 5.21. The van der Waals surface area contributed by atoms with Gasteiger partial charge in [0.2, 0.25) is 0 Å². The summed E-state index contributed by atoms with van der Waals surface area (Å²) in [5.41, 5.74) is 7.47. The molecule has 0 saturated carbocycles. The van der Waals surface area contributed by atoms with Gasteiger partial charge >= 0.3 is 0 Å². The molecule has 0 spiro atoms. The monoisotopic (exact) mass is 276 g/mol. The average molecular weight is 276 g/mol. The van der Waals surface area contributed by atoms with E-state index < -0.39 is 0 Å². The van der Waals surface area contributed by atoms with Crippen molar-refractivity contribution >= 4 is 21.6 Å². The van der Waals surface area contributed by atoms with E-state index in [0.29, 0.717) is 12.0 Å². The fraction of sp³-hybridized carbons (Fsp3) is 0.533. The largest absolute Gasteiger partial charge is 0.378 e. The predicted molar refractivity (Wildman–Crippen MR) is 79.4 cm³/mol. The molecule has 1 saturated heterocycles. The number of fused-ring (bicyclic) bond motifs is 1. The summed E-state index contributed by atoms with van der Waals surface area (Å²) >= 11 is 1.76. The molecule has 0 bridgehead atoms. The lowest BCUT2D eigenvalue weighted by Gasteiger charge is -2.22. The number of benzene rings is 1. The minimum atomic E-state index is 0.160. The Morgan fingerprint density at radius 3 is 3.11 bits per heavy atom. The van der Waals surface area contributed by atoms with Gasteiger partial charge in [0.25, 0.3) is 0 Å². The highest BCUT2D eigenvalue weighted by atomic mass is 32.1. The third-order valence-electron chi connectivity index (χ3n) is 3.96. The maximum absolute atomic E-state index is 6.39. The fourth-order valence-corrected chi connectivity index (χ4v) is 3.97. The van der Waals surface area contributed by atoms with Crippen molar-refractivity contribution in [3.8, 4) is 0 Å². The molecule has 1 aromatic carbocycles. The fourth-order valence-electron chi connectivity index (χ4n) is 2.94. The molecule has 2 N–H and O–H groups in total. The Balaban J connectivity index is 1.73. The molecule has 3 rings (SSSR count). The van der Waals surface area contributed by atoms with Crippen molar-refractivity contribution in [3.63, 3.8) is 0 Å². The van der Waals surface area contributed by atoms with Crippen LogP contribution in [0.25, 0.3) is 10.2 Å². The molecule has 0 aliphatic carbocycles. The number of hydrogen-bond acceptors (Lipinski definition) is 4. The van der Waals surface area contributed by atoms with Crippen LogP contribution < -0.4 is 5.73 Å². The zero-order valence-corrected chi connectivity index (χ0v) is 12.0. The molecule has 1 aliphatic rings. The van der Waals surface area contributed by atoms with Crippen molar-refractivity contribution in [2.75, 3.05) is 6.61 Å². The van der Waals surface area contributed by atoms with Crippen LogP contribution >= 0.6 is 11.3 Å². The van der Waals surface area contributed by atoms with Crippen LogP contribution in [-0.2, 0) is 11.2 Å². The number of hydrogen-bond donors (Lipinski definition) is 1. The van der Waals surface area contributed by atoms with Gasteiger partial charge in [0.1, 0.15) is 0 Å². The van der Waals surface area contributed by atoms with Crippen molar-refractivity contribution in [3.05, 3.63) is 29.3 Å². The van der Waals surface area contributed by atoms with Gasteiger partial charge in [-0.2, -0.15) is 0 Å². The van der Waals surface area contributed by atoms with Gasteiger partial charge in [0, 0.05) is 25.0 Å². The first-order chi connectivity index (χ1) is 9.28. The molecular formula is C15H20N2OS. The Hall–Kier alpha value is -0.970. The standard InChI is InChI=1S/C15H20N2OS/c1-2-13-10(7-8-18-13)11(16)9-15-17-12-5-3-4-6-14(12)19-15/h3-6,10-11,13H,2,7-9,16H2,1H3. The van der Waals surface area contributed by atoms with Gasteiger partial charge < -0.3 is 10.5 Å². The van der Waals surface area contributed by atoms with Crippen LogP contribution in [0.4, 0.5) is 0 Å². The van der Waals surface area contributed by atoms with Crippen LogP contribution in [0.3, 0.4) is 0 Å². The molecule has 3 atom stereocenters. The van der Waals surface area contributed by atoms with E-state index in [9.17, 15) is 0 Å². The van der Waals surface area contributed by atoms with Crippen LogP contribution in [0.1, 0.15) is 24.8 Å². The summed E-state index contributed by atoms with van der Waals surface area (Å²) in [4.78, 5) is 4.67. The van der Waals surface area contributed by atoms with Crippen LogP contribution in [0.5, 0.6) is 0 Å². The van der Waals surface area contributed by atoms with Crippen molar-refractivity contribution in [1.82, 2.24) is 4.98 Å². The Kier molecular flexibility index (Phi) is 3.82. The zero-order chi connectivity index (χ0) is 13.2. The minimum absolute atomic E-state index is 0.160. The Morgan fingerprint density at radius 2 is 2.32 bits per heavy atom. The van der Waals surface area contributed by atoms with E-state index in [1.165, 1.54) is 4.70 Å². The summed E-state index contributed by atoms with van der Waals surface area (Å²) in [5, 5.41) is 1.15. The highest BCUT2D eigenvalue weighted by Gasteiger charge is 2.32. The molecule has 2 heterocycles. The molecule has 1 aromatic heterocycles. The number of ether oxygens (including phenoxy) is 1. The summed E-state index contributed by atoms with van der Waals surface area (Å²) in [7, 11) is 0. The van der Waals surface area contributed by atoms with Crippen molar-refractivity contribution in [2.24, 2.45) is 11.7 Å². The van der Waals surface area contributed by atoms with Crippen LogP contribution in [-0.4, -0.2) is 23.7 Å². The van der Waals surface area contributed by atoms with E-state index in [4.69, 9.17) is 10.5 Å². The van der Waals surface area contributed by atoms with E-state index in [0.717, 1.165) is 36.4 Å². The number of nitrogens with two attached hydrogens (primary N) is 1. The van der Waals surface area contributed by atoms with Crippen LogP contribution in [0.15, 0.2) is 24.3 Å². The number of thiazole rings is 1. The maximum atomic E-state index is 6.39. The first-order valence-corrected chi connectivity index (χ1v) is 7.81. The molecule has 3 unspecified atom stereocenters. The van der Waals surface area contributed by atoms with Gasteiger partial charge in [-0.25, -0.2) is 4.98 Å². The number of aromatic nitrogens is 1. The highest BCUT2D eigenvalue weighted by molar-refractivity contribution is 7.18. The third kappa shape index (κ3) is 2.66. The number of para-hydroxylation sites is 1. The van der Waals surface area contributed by atoms with E-state index in [2.05, 4.69) is 30.1 Å². The lowest BCUT2D eigenvalue weighted by Crippen LogP contribution is -2.36. The first-order valence-electron chi connectivity index (χ1n) is 6.99. The average Bonchev–Trinajstić information content (AvgIpc) is 3.03. The summed E-state index contributed by atoms with van der Waals surface area (Å²) in [5.74, 6) is 0.483. The number of rotatable bonds is 4. The van der Waals surface area contributed by atoms with E-state index >= 15 is 0 Å². The third-order valence-corrected chi connectivity index (χ3v) is 5.02. The quantitative estimate of drug-likeness (QED) is 0.934. The molecule has 2 aromatic rings. The predicted octanol–water partition coefficient (Wildman–Crippen LogP) is 2.98. The summed E-state index contributed by atoms with van der Waals surface area (Å²) in [6.45, 7) is 3.03. The molecule has 0 amide bonds. The molecule has 1 fully saturated rings. The molecule has 1 aliphatic heterocycles. The summed E-state index contributed by atoms with van der Waals surface area (Å²) in [6.07, 6.45) is 3.34. The van der Waals surface area contributed by atoms with Gasteiger partial charge in [-0.1, -0.05) is 19.1 Å². The van der Waals surface area contributed by atoms with Crippen LogP contribution in [0.2, 0.25) is 0 Å². The van der Waals surface area contributed by atoms with E-state index in [1.807, 2.05) is 6.07 Å². The second-order valence-corrected chi connectivity index (χ2v) is 6.33. The highest BCUT2D eigenvalue weighted by Crippen LogP contribution is 2.29. The molecule has 3 nitrogen and oxygen atoms in total. The molecule has 19 heavy (non-hydrogen) atoms. The topological polar surface area (TPSA) is 48.1 Å². The van der Waals surface area contributed by atoms with E-state index in [1.54, 1.807) is 11.3 Å². The van der Waals surface area contributed by atoms with Gasteiger partial charge in [-0.3, -0.25) is 0 Å². The molecular weight excluding hydrogens is 256 g/mol. The smallest absolute Gasteiger partial charge is 0.0954 e. The molecule has 102 valence electrons. The van der Waals surface area contributed by atoms with E-state index in [-0.39, 0.29) is 6.04 Å². The number of nitrogens with zero attached hydrogens (tertiary/aromatic N) is 1. The Morgan fingerprint density at radius 1 is 1.47 bits per heavy atom. The van der Waals surface area contributed by atoms with Gasteiger partial charge in [0.15, 0.2) is 0 Å². The van der Waals surface area contributed by atoms with Crippen molar-refractivity contribution in [2.45, 2.75) is 38.3 Å². The zero-order valence-electron chi connectivity index (χ0n) is 11.2. The summed E-state index contributed by atoms with van der Waals surface area (Å²) < 4.78 is 6.98. The molecule has 0 radical (unpaired) electrons. The second kappa shape index (κ2) is 5.57. The van der Waals surface area contributed by atoms with Gasteiger partial charge in [-0.05, 0) is 25.0 Å². The lowest BCUT2D eigenvalue weighted by atomic mass is 9.90. The van der Waals surface area contributed by atoms with Crippen molar-refractivity contribution < 1.29 is 4.74 Å². The SMILES string of the molecule is CCC1OCCC1C(N)Cc1nc2ccccc2s1. The lowest BCUT2D eigenvalue weighted by molar-refractivity contribution is 0.0814. The summed E-state index contributed by atoms with van der Waals surface area (Å²) in [6, 6.07) is 8.43. The molecule has 4 heteroatoms. The van der Waals surface area contributed by atoms with Gasteiger partial charge in [0.05, 0.1) is 21.3 Å². The minimum Gasteiger partial charge on any atom is -0.378 e. The normalized spacial score (nSPS) is 24.9. The maximum Gasteiger partial charge on any atom is 0.0954 e. The Bertz CT molecular complexity index is 521.